The molecule has 0 saturated carbocycles. The van der Waals surface area contributed by atoms with Gasteiger partial charge >= 0.3 is 0 Å². The second kappa shape index (κ2) is 7.77. The minimum atomic E-state index is -0.479. The van der Waals surface area contributed by atoms with E-state index in [1.54, 1.807) is 13.8 Å². The molecule has 2 amide bonds. The number of carbonyl (C=O) groups excluding carboxylic acids is 2. The van der Waals surface area contributed by atoms with Crippen molar-refractivity contribution in [3.63, 3.8) is 0 Å². The van der Waals surface area contributed by atoms with E-state index in [0.29, 0.717) is 30.6 Å². The average molecular weight is 330 g/mol. The number of aromatic amines is 1. The van der Waals surface area contributed by atoms with Gasteiger partial charge in [-0.2, -0.15) is 5.26 Å². The summed E-state index contributed by atoms with van der Waals surface area (Å²) in [4.78, 5) is 38.4. The lowest BCUT2D eigenvalue weighted by atomic mass is 9.99. The summed E-state index contributed by atoms with van der Waals surface area (Å²) in [5.41, 5.74) is 1.75. The molecule has 7 heteroatoms. The van der Waals surface area contributed by atoms with E-state index in [2.05, 4.69) is 15.6 Å². The molecule has 2 rings (SSSR count). The van der Waals surface area contributed by atoms with Gasteiger partial charge in [-0.1, -0.05) is 0 Å². The largest absolute Gasteiger partial charge is 0.354 e. The number of aryl methyl sites for hydroxylation is 1. The molecule has 1 unspecified atom stereocenters. The summed E-state index contributed by atoms with van der Waals surface area (Å²) in [6.45, 7) is 4.12. The average Bonchev–Trinajstić information content (AvgIpc) is 2.72. The van der Waals surface area contributed by atoms with E-state index >= 15 is 0 Å². The van der Waals surface area contributed by atoms with E-state index in [0.717, 1.165) is 18.4 Å². The van der Waals surface area contributed by atoms with Crippen LogP contribution in [-0.4, -0.2) is 29.4 Å². The topological polar surface area (TPSA) is 115 Å². The lowest BCUT2D eigenvalue weighted by Gasteiger charge is -2.16. The number of nitrogens with one attached hydrogen (secondary N) is 3. The number of aromatic nitrogens is 1. The lowest BCUT2D eigenvalue weighted by molar-refractivity contribution is -0.128. The minimum absolute atomic E-state index is 0.0826. The summed E-state index contributed by atoms with van der Waals surface area (Å²) in [5, 5.41) is 14.6. The van der Waals surface area contributed by atoms with Gasteiger partial charge in [-0.15, -0.1) is 0 Å². The highest BCUT2D eigenvalue weighted by molar-refractivity contribution is 5.87. The van der Waals surface area contributed by atoms with Crippen LogP contribution in [0.2, 0.25) is 0 Å². The maximum Gasteiger partial charge on any atom is 0.266 e. The number of hydrogen-bond acceptors (Lipinski definition) is 4. The molecule has 24 heavy (non-hydrogen) atoms. The molecule has 1 aliphatic rings. The third-order valence-electron chi connectivity index (χ3n) is 4.39. The Morgan fingerprint density at radius 3 is 2.79 bits per heavy atom. The molecule has 3 N–H and O–H groups in total. The Morgan fingerprint density at radius 2 is 2.08 bits per heavy atom. The van der Waals surface area contributed by atoms with Crippen LogP contribution in [-0.2, 0) is 16.0 Å². The maximum absolute atomic E-state index is 12.2. The molecule has 1 aliphatic heterocycles. The highest BCUT2D eigenvalue weighted by atomic mass is 16.2. The Bertz CT molecular complexity index is 745. The van der Waals surface area contributed by atoms with Gasteiger partial charge in [0.1, 0.15) is 17.7 Å². The minimum Gasteiger partial charge on any atom is -0.354 e. The van der Waals surface area contributed by atoms with E-state index in [4.69, 9.17) is 5.26 Å². The second-order valence-corrected chi connectivity index (χ2v) is 6.08. The summed E-state index contributed by atoms with van der Waals surface area (Å²) < 4.78 is 0. The van der Waals surface area contributed by atoms with Crippen molar-refractivity contribution in [3.05, 3.63) is 32.7 Å². The van der Waals surface area contributed by atoms with E-state index in [-0.39, 0.29) is 23.8 Å². The molecule has 0 aromatic carbocycles. The number of amides is 2. The zero-order valence-corrected chi connectivity index (χ0v) is 14.0. The predicted molar refractivity (Wildman–Crippen MR) is 88.4 cm³/mol. The first-order valence-electron chi connectivity index (χ1n) is 8.13. The molecule has 1 aromatic heterocycles. The van der Waals surface area contributed by atoms with Crippen LogP contribution < -0.4 is 16.2 Å². The number of nitriles is 1. The van der Waals surface area contributed by atoms with Gasteiger partial charge in [-0.05, 0) is 50.7 Å². The van der Waals surface area contributed by atoms with Crippen molar-refractivity contribution in [1.82, 2.24) is 15.6 Å². The molecule has 7 nitrogen and oxygen atoms in total. The van der Waals surface area contributed by atoms with Gasteiger partial charge < -0.3 is 15.6 Å². The third-order valence-corrected chi connectivity index (χ3v) is 4.39. The van der Waals surface area contributed by atoms with E-state index in [9.17, 15) is 14.4 Å². The second-order valence-electron chi connectivity index (χ2n) is 6.08. The summed E-state index contributed by atoms with van der Waals surface area (Å²) in [6, 6.07) is 1.42. The van der Waals surface area contributed by atoms with Crippen molar-refractivity contribution in [2.45, 2.75) is 52.0 Å². The van der Waals surface area contributed by atoms with Gasteiger partial charge in [0.15, 0.2) is 0 Å². The summed E-state index contributed by atoms with van der Waals surface area (Å²) in [7, 11) is 0. The van der Waals surface area contributed by atoms with Gasteiger partial charge in [0.25, 0.3) is 5.56 Å². The molecular formula is C17H22N4O3. The molecule has 128 valence electrons. The van der Waals surface area contributed by atoms with Crippen LogP contribution in [0.25, 0.3) is 0 Å². The SMILES string of the molecule is Cc1[nH]c(=O)c(C#N)c(C)c1CCC(=O)NC1CCCCNC1=O. The fourth-order valence-electron chi connectivity index (χ4n) is 3.00. The Morgan fingerprint density at radius 1 is 1.33 bits per heavy atom. The Labute approximate surface area is 140 Å². The van der Waals surface area contributed by atoms with Crippen molar-refractivity contribution in [2.75, 3.05) is 6.54 Å². The van der Waals surface area contributed by atoms with Crippen molar-refractivity contribution >= 4 is 11.8 Å². The zero-order valence-electron chi connectivity index (χ0n) is 14.0. The van der Waals surface area contributed by atoms with Crippen molar-refractivity contribution in [2.24, 2.45) is 0 Å². The summed E-state index contributed by atoms with van der Waals surface area (Å²) in [6.07, 6.45) is 3.07. The van der Waals surface area contributed by atoms with Crippen LogP contribution in [0.15, 0.2) is 4.79 Å². The molecule has 1 aromatic rings. The van der Waals surface area contributed by atoms with Crippen LogP contribution in [0.1, 0.15) is 48.1 Å². The number of carbonyl (C=O) groups is 2. The maximum atomic E-state index is 12.2. The van der Waals surface area contributed by atoms with Gasteiger partial charge in [-0.25, -0.2) is 0 Å². The molecule has 0 bridgehead atoms. The molecule has 1 saturated heterocycles. The van der Waals surface area contributed by atoms with Gasteiger partial charge in [0, 0.05) is 18.7 Å². The zero-order chi connectivity index (χ0) is 17.7. The van der Waals surface area contributed by atoms with Crippen LogP contribution in [0.5, 0.6) is 0 Å². The highest BCUT2D eigenvalue weighted by Gasteiger charge is 2.22. The van der Waals surface area contributed by atoms with Crippen LogP contribution >= 0.6 is 0 Å². The van der Waals surface area contributed by atoms with Crippen LogP contribution in [0.3, 0.4) is 0 Å². The van der Waals surface area contributed by atoms with E-state index in [1.165, 1.54) is 0 Å². The summed E-state index contributed by atoms with van der Waals surface area (Å²) in [5.74, 6) is -0.343. The van der Waals surface area contributed by atoms with Gasteiger partial charge in [-0.3, -0.25) is 14.4 Å². The van der Waals surface area contributed by atoms with Crippen molar-refractivity contribution in [3.8, 4) is 6.07 Å². The molecule has 0 spiro atoms. The Hall–Kier alpha value is -2.62. The van der Waals surface area contributed by atoms with E-state index in [1.807, 2.05) is 6.07 Å². The third kappa shape index (κ3) is 4.02. The molecule has 1 fully saturated rings. The number of rotatable bonds is 4. The molecule has 2 heterocycles. The lowest BCUT2D eigenvalue weighted by Crippen LogP contribution is -2.45. The Balaban J connectivity index is 2.03. The molecule has 0 aliphatic carbocycles. The standard InChI is InChI=1S/C17H22N4O3/c1-10-12(11(2)20-16(23)13(10)9-18)6-7-15(22)21-14-5-3-4-8-19-17(14)24/h14H,3-8H2,1-2H3,(H,19,24)(H,20,23)(H,21,22). The number of hydrogen-bond donors (Lipinski definition) is 3. The first kappa shape index (κ1) is 17.7. The first-order valence-corrected chi connectivity index (χ1v) is 8.13. The molecule has 1 atom stereocenters. The number of H-pyrrole nitrogens is 1. The van der Waals surface area contributed by atoms with Crippen molar-refractivity contribution < 1.29 is 9.59 Å². The fourth-order valence-corrected chi connectivity index (χ4v) is 3.00. The number of nitrogens with zero attached hydrogens (tertiary/aromatic N) is 1. The fraction of sp³-hybridized carbons (Fsp3) is 0.529. The Kier molecular flexibility index (Phi) is 5.74. The monoisotopic (exact) mass is 330 g/mol. The quantitative estimate of drug-likeness (QED) is 0.749. The van der Waals surface area contributed by atoms with Gasteiger partial charge in [0.05, 0.1) is 0 Å². The van der Waals surface area contributed by atoms with Crippen molar-refractivity contribution in [1.29, 1.82) is 5.26 Å². The van der Waals surface area contributed by atoms with E-state index < -0.39 is 11.6 Å². The predicted octanol–water partition coefficient (Wildman–Crippen LogP) is 0.581. The normalized spacial score (nSPS) is 17.5. The van der Waals surface area contributed by atoms with Gasteiger partial charge in [0.2, 0.25) is 11.8 Å². The molecule has 0 radical (unpaired) electrons. The smallest absolute Gasteiger partial charge is 0.266 e. The first-order chi connectivity index (χ1) is 11.4. The molecular weight excluding hydrogens is 308 g/mol. The summed E-state index contributed by atoms with van der Waals surface area (Å²) >= 11 is 0. The van der Waals surface area contributed by atoms with Crippen LogP contribution in [0.4, 0.5) is 0 Å². The highest BCUT2D eigenvalue weighted by Crippen LogP contribution is 2.15. The van der Waals surface area contributed by atoms with Crippen LogP contribution in [0, 0.1) is 25.2 Å². The number of pyridine rings is 1.